The topological polar surface area (TPSA) is 62.3 Å². The molecule has 166 valence electrons. The molecule has 0 saturated carbocycles. The van der Waals surface area contributed by atoms with E-state index in [4.69, 9.17) is 0 Å². The van der Waals surface area contributed by atoms with E-state index < -0.39 is 0 Å². The fourth-order valence-corrected chi connectivity index (χ4v) is 4.20. The molecule has 0 unspecified atom stereocenters. The van der Waals surface area contributed by atoms with Crippen LogP contribution in [-0.4, -0.2) is 16.8 Å². The second-order valence-electron chi connectivity index (χ2n) is 7.54. The van der Waals surface area contributed by atoms with Gasteiger partial charge in [-0.2, -0.15) is 0 Å². The smallest absolute Gasteiger partial charge is 0.233 e. The number of aromatic nitrogens is 1. The third kappa shape index (κ3) is 5.90. The summed E-state index contributed by atoms with van der Waals surface area (Å²) in [6, 6.07) is 23.1. The van der Waals surface area contributed by atoms with Gasteiger partial charge < -0.3 is 5.32 Å². The number of rotatable bonds is 7. The second kappa shape index (κ2) is 10.2. The van der Waals surface area contributed by atoms with E-state index in [0.29, 0.717) is 23.1 Å². The zero-order chi connectivity index (χ0) is 23.2. The minimum Gasteiger partial charge on any atom is -0.326 e. The van der Waals surface area contributed by atoms with E-state index in [1.165, 1.54) is 30.4 Å². The van der Waals surface area contributed by atoms with Crippen LogP contribution in [0.3, 0.4) is 0 Å². The molecular formula is C26H22FN3O2S. The van der Waals surface area contributed by atoms with Crippen LogP contribution in [0.25, 0.3) is 11.3 Å². The van der Waals surface area contributed by atoms with Gasteiger partial charge in [0.05, 0.1) is 18.7 Å². The number of carbonyl (C=O) groups is 2. The Labute approximate surface area is 195 Å². The summed E-state index contributed by atoms with van der Waals surface area (Å²) in [7, 11) is 0. The average Bonchev–Trinajstić information content (AvgIpc) is 3.29. The van der Waals surface area contributed by atoms with Gasteiger partial charge in [0.2, 0.25) is 11.8 Å². The summed E-state index contributed by atoms with van der Waals surface area (Å²) >= 11 is 1.38. The number of halogens is 1. The predicted molar refractivity (Wildman–Crippen MR) is 130 cm³/mol. The Morgan fingerprint density at radius 3 is 2.30 bits per heavy atom. The molecular weight excluding hydrogens is 437 g/mol. The van der Waals surface area contributed by atoms with Crippen molar-refractivity contribution in [1.29, 1.82) is 0 Å². The van der Waals surface area contributed by atoms with Crippen LogP contribution in [0.1, 0.15) is 18.1 Å². The van der Waals surface area contributed by atoms with Gasteiger partial charge in [-0.25, -0.2) is 9.37 Å². The zero-order valence-corrected chi connectivity index (χ0v) is 18.8. The molecule has 0 bridgehead atoms. The van der Waals surface area contributed by atoms with Crippen molar-refractivity contribution in [2.75, 3.05) is 10.2 Å². The number of carbonyl (C=O) groups excluding carboxylic acids is 2. The predicted octanol–water partition coefficient (Wildman–Crippen LogP) is 5.68. The molecule has 1 heterocycles. The van der Waals surface area contributed by atoms with Gasteiger partial charge in [-0.15, -0.1) is 11.3 Å². The summed E-state index contributed by atoms with van der Waals surface area (Å²) in [4.78, 5) is 30.9. The fraction of sp³-hybridized carbons (Fsp3) is 0.115. The van der Waals surface area contributed by atoms with Crippen molar-refractivity contribution in [3.63, 3.8) is 0 Å². The number of hydrogen-bond donors (Lipinski definition) is 1. The highest BCUT2D eigenvalue weighted by molar-refractivity contribution is 7.14. The normalized spacial score (nSPS) is 10.6. The van der Waals surface area contributed by atoms with Gasteiger partial charge >= 0.3 is 0 Å². The first-order chi connectivity index (χ1) is 16.0. The molecule has 0 fully saturated rings. The first kappa shape index (κ1) is 22.4. The van der Waals surface area contributed by atoms with Gasteiger partial charge in [0, 0.05) is 23.6 Å². The standard InChI is InChI=1S/C26H22FN3O2S/c1-18(31)28-23-13-7-19(8-14-23)15-25(32)30(16-20-5-3-2-4-6-20)26-29-24(17-33-26)21-9-11-22(27)12-10-21/h2-14,17H,15-16H2,1H3,(H,28,31). The SMILES string of the molecule is CC(=O)Nc1ccc(CC(=O)N(Cc2ccccc2)c2nc(-c3ccc(F)cc3)cs2)cc1. The minimum atomic E-state index is -0.306. The van der Waals surface area contributed by atoms with Crippen LogP contribution in [0.15, 0.2) is 84.2 Å². The van der Waals surface area contributed by atoms with Gasteiger partial charge in [0.1, 0.15) is 5.82 Å². The maximum atomic E-state index is 13.3. The van der Waals surface area contributed by atoms with Crippen molar-refractivity contribution in [3.05, 3.63) is 101 Å². The number of anilines is 2. The highest BCUT2D eigenvalue weighted by Gasteiger charge is 2.20. The van der Waals surface area contributed by atoms with Crippen LogP contribution in [0.2, 0.25) is 0 Å². The third-order valence-electron chi connectivity index (χ3n) is 4.98. The summed E-state index contributed by atoms with van der Waals surface area (Å²) in [6.07, 6.45) is 0.193. The van der Waals surface area contributed by atoms with Crippen LogP contribution < -0.4 is 10.2 Å². The Balaban J connectivity index is 1.57. The minimum absolute atomic E-state index is 0.0915. The lowest BCUT2D eigenvalue weighted by Crippen LogP contribution is -2.31. The van der Waals surface area contributed by atoms with Crippen LogP contribution in [-0.2, 0) is 22.6 Å². The number of benzene rings is 3. The highest BCUT2D eigenvalue weighted by Crippen LogP contribution is 2.29. The van der Waals surface area contributed by atoms with Crippen molar-refractivity contribution >= 4 is 34.0 Å². The molecule has 0 radical (unpaired) electrons. The molecule has 5 nitrogen and oxygen atoms in total. The summed E-state index contributed by atoms with van der Waals surface area (Å²) in [5.41, 5.74) is 4.00. The van der Waals surface area contributed by atoms with Gasteiger partial charge in [-0.1, -0.05) is 42.5 Å². The Hall–Kier alpha value is -3.84. The maximum Gasteiger partial charge on any atom is 0.233 e. The summed E-state index contributed by atoms with van der Waals surface area (Å²) in [5.74, 6) is -0.542. The lowest BCUT2D eigenvalue weighted by molar-refractivity contribution is -0.118. The van der Waals surface area contributed by atoms with Gasteiger partial charge in [0.25, 0.3) is 0 Å². The molecule has 4 rings (SSSR count). The van der Waals surface area contributed by atoms with E-state index in [1.807, 2.05) is 47.8 Å². The highest BCUT2D eigenvalue weighted by atomic mass is 32.1. The Bertz CT molecular complexity index is 1240. The van der Waals surface area contributed by atoms with Crippen LogP contribution >= 0.6 is 11.3 Å². The summed E-state index contributed by atoms with van der Waals surface area (Å²) < 4.78 is 13.3. The fourth-order valence-electron chi connectivity index (χ4n) is 3.35. The molecule has 0 aliphatic carbocycles. The van der Waals surface area contributed by atoms with Crippen LogP contribution in [0.5, 0.6) is 0 Å². The number of hydrogen-bond acceptors (Lipinski definition) is 4. The van der Waals surface area contributed by atoms with E-state index in [1.54, 1.807) is 29.2 Å². The van der Waals surface area contributed by atoms with E-state index >= 15 is 0 Å². The quantitative estimate of drug-likeness (QED) is 0.387. The Morgan fingerprint density at radius 2 is 1.64 bits per heavy atom. The van der Waals surface area contributed by atoms with Crippen molar-refractivity contribution in [3.8, 4) is 11.3 Å². The van der Waals surface area contributed by atoms with E-state index in [0.717, 1.165) is 16.7 Å². The molecule has 33 heavy (non-hydrogen) atoms. The molecule has 3 aromatic carbocycles. The zero-order valence-electron chi connectivity index (χ0n) is 18.0. The molecule has 1 N–H and O–H groups in total. The maximum absolute atomic E-state index is 13.3. The Morgan fingerprint density at radius 1 is 0.939 bits per heavy atom. The summed E-state index contributed by atoms with van der Waals surface area (Å²) in [6.45, 7) is 1.84. The first-order valence-corrected chi connectivity index (χ1v) is 11.3. The van der Waals surface area contributed by atoms with Gasteiger partial charge in [0.15, 0.2) is 5.13 Å². The molecule has 0 aliphatic rings. The van der Waals surface area contributed by atoms with Gasteiger partial charge in [-0.05, 0) is 47.5 Å². The monoisotopic (exact) mass is 459 g/mol. The van der Waals surface area contributed by atoms with E-state index in [9.17, 15) is 14.0 Å². The lowest BCUT2D eigenvalue weighted by Gasteiger charge is -2.20. The third-order valence-corrected chi connectivity index (χ3v) is 5.84. The molecule has 2 amide bonds. The molecule has 0 saturated heterocycles. The van der Waals surface area contributed by atoms with Crippen molar-refractivity contribution < 1.29 is 14.0 Å². The first-order valence-electron chi connectivity index (χ1n) is 10.4. The molecule has 1 aromatic heterocycles. The van der Waals surface area contributed by atoms with E-state index in [2.05, 4.69) is 10.3 Å². The second-order valence-corrected chi connectivity index (χ2v) is 8.38. The van der Waals surface area contributed by atoms with Crippen molar-refractivity contribution in [2.45, 2.75) is 19.9 Å². The molecule has 0 atom stereocenters. The number of amides is 2. The average molecular weight is 460 g/mol. The van der Waals surface area contributed by atoms with Crippen LogP contribution in [0.4, 0.5) is 15.2 Å². The largest absolute Gasteiger partial charge is 0.326 e. The van der Waals surface area contributed by atoms with E-state index in [-0.39, 0.29) is 24.1 Å². The van der Waals surface area contributed by atoms with Gasteiger partial charge in [-0.3, -0.25) is 14.5 Å². The number of nitrogens with zero attached hydrogens (tertiary/aromatic N) is 2. The van der Waals surface area contributed by atoms with Crippen LogP contribution in [0, 0.1) is 5.82 Å². The molecule has 0 spiro atoms. The summed E-state index contributed by atoms with van der Waals surface area (Å²) in [5, 5.41) is 5.17. The Kier molecular flexibility index (Phi) is 6.90. The molecule has 7 heteroatoms. The lowest BCUT2D eigenvalue weighted by atomic mass is 10.1. The molecule has 0 aliphatic heterocycles. The van der Waals surface area contributed by atoms with Crippen molar-refractivity contribution in [2.24, 2.45) is 0 Å². The number of thiazole rings is 1. The van der Waals surface area contributed by atoms with Crippen molar-refractivity contribution in [1.82, 2.24) is 4.98 Å². The number of nitrogens with one attached hydrogen (secondary N) is 1. The molecule has 4 aromatic rings.